The van der Waals surface area contributed by atoms with Crippen LogP contribution in [-0.4, -0.2) is 58.6 Å². The monoisotopic (exact) mass is 385 g/mol. The summed E-state index contributed by atoms with van der Waals surface area (Å²) in [6, 6.07) is 19.8. The summed E-state index contributed by atoms with van der Waals surface area (Å²) in [5.41, 5.74) is 2.16. The molecule has 1 aliphatic rings. The molecule has 150 valence electrons. The molecule has 28 heavy (non-hydrogen) atoms. The Morgan fingerprint density at radius 2 is 1.61 bits per heavy atom. The zero-order chi connectivity index (χ0) is 19.9. The average molecular weight is 385 g/mol. The molecule has 2 aromatic rings. The van der Waals surface area contributed by atoms with Crippen molar-refractivity contribution < 1.29 is 24.5 Å². The molecule has 2 N–H and O–H groups in total. The predicted molar refractivity (Wildman–Crippen MR) is 104 cm³/mol. The van der Waals surface area contributed by atoms with Crippen LogP contribution in [0.15, 0.2) is 60.7 Å². The summed E-state index contributed by atoms with van der Waals surface area (Å²) < 4.78 is 10.6. The highest BCUT2D eigenvalue weighted by molar-refractivity contribution is 5.85. The molecule has 4 unspecified atom stereocenters. The maximum atomic E-state index is 12.8. The molecule has 2 aromatic carbocycles. The highest BCUT2D eigenvalue weighted by atomic mass is 16.7. The highest BCUT2D eigenvalue weighted by Gasteiger charge is 2.38. The van der Waals surface area contributed by atoms with Gasteiger partial charge in [0.2, 0.25) is 0 Å². The minimum atomic E-state index is -1.41. The van der Waals surface area contributed by atoms with Crippen LogP contribution in [0.1, 0.15) is 18.1 Å². The molecule has 6 heteroatoms. The van der Waals surface area contributed by atoms with Crippen molar-refractivity contribution in [3.63, 3.8) is 0 Å². The van der Waals surface area contributed by atoms with E-state index in [0.717, 1.165) is 11.1 Å². The number of ether oxygens (including phenoxy) is 2. The van der Waals surface area contributed by atoms with E-state index in [1.165, 1.54) is 0 Å². The SMILES string of the molecule is CC1OCC(O)C(C(O)C(=O)CN(Cc2ccccc2)Cc2ccccc2)O1. The molecular formula is C22H27NO5. The lowest BCUT2D eigenvalue weighted by atomic mass is 10.0. The van der Waals surface area contributed by atoms with E-state index in [0.29, 0.717) is 13.1 Å². The molecule has 0 aliphatic carbocycles. The first-order valence-corrected chi connectivity index (χ1v) is 9.49. The fourth-order valence-electron chi connectivity index (χ4n) is 3.31. The van der Waals surface area contributed by atoms with Crippen molar-refractivity contribution in [2.45, 2.75) is 44.6 Å². The van der Waals surface area contributed by atoms with Gasteiger partial charge in [0, 0.05) is 13.1 Å². The molecule has 3 rings (SSSR count). The molecule has 0 aromatic heterocycles. The summed E-state index contributed by atoms with van der Waals surface area (Å²) >= 11 is 0. The summed E-state index contributed by atoms with van der Waals surface area (Å²) in [5.74, 6) is -0.384. The summed E-state index contributed by atoms with van der Waals surface area (Å²) in [5, 5.41) is 20.5. The van der Waals surface area contributed by atoms with Crippen molar-refractivity contribution in [3.8, 4) is 0 Å². The van der Waals surface area contributed by atoms with Crippen LogP contribution < -0.4 is 0 Å². The number of aliphatic hydroxyl groups excluding tert-OH is 2. The van der Waals surface area contributed by atoms with E-state index in [2.05, 4.69) is 0 Å². The molecule has 0 saturated carbocycles. The first kappa shape index (κ1) is 20.6. The number of rotatable bonds is 8. The Morgan fingerprint density at radius 3 is 2.14 bits per heavy atom. The van der Waals surface area contributed by atoms with Crippen LogP contribution in [0.25, 0.3) is 0 Å². The van der Waals surface area contributed by atoms with Crippen molar-refractivity contribution in [1.82, 2.24) is 4.90 Å². The molecule has 1 saturated heterocycles. The van der Waals surface area contributed by atoms with Gasteiger partial charge in [0.15, 0.2) is 12.1 Å². The molecule has 4 atom stereocenters. The number of ketones is 1. The van der Waals surface area contributed by atoms with Gasteiger partial charge in [0.25, 0.3) is 0 Å². The zero-order valence-corrected chi connectivity index (χ0v) is 16.0. The third kappa shape index (κ3) is 5.70. The molecule has 0 amide bonds. The van der Waals surface area contributed by atoms with Crippen molar-refractivity contribution >= 4 is 5.78 Å². The Morgan fingerprint density at radius 1 is 1.07 bits per heavy atom. The second-order valence-electron chi connectivity index (χ2n) is 7.10. The van der Waals surface area contributed by atoms with Gasteiger partial charge in [-0.15, -0.1) is 0 Å². The highest BCUT2D eigenvalue weighted by Crippen LogP contribution is 2.18. The smallest absolute Gasteiger partial charge is 0.177 e. The summed E-state index contributed by atoms with van der Waals surface area (Å²) in [4.78, 5) is 14.7. The quantitative estimate of drug-likeness (QED) is 0.721. The van der Waals surface area contributed by atoms with E-state index in [-0.39, 0.29) is 18.9 Å². The zero-order valence-electron chi connectivity index (χ0n) is 16.0. The van der Waals surface area contributed by atoms with Crippen LogP contribution in [0.4, 0.5) is 0 Å². The minimum absolute atomic E-state index is 0.0356. The maximum Gasteiger partial charge on any atom is 0.177 e. The van der Waals surface area contributed by atoms with Crippen LogP contribution in [-0.2, 0) is 27.4 Å². The number of carbonyl (C=O) groups is 1. The molecule has 1 heterocycles. The third-order valence-electron chi connectivity index (χ3n) is 4.75. The normalized spacial score (nSPS) is 23.5. The molecule has 0 bridgehead atoms. The summed E-state index contributed by atoms with van der Waals surface area (Å²) in [7, 11) is 0. The van der Waals surface area contributed by atoms with Gasteiger partial charge >= 0.3 is 0 Å². The Kier molecular flexibility index (Phi) is 7.30. The van der Waals surface area contributed by atoms with Crippen LogP contribution in [0, 0.1) is 0 Å². The fourth-order valence-corrected chi connectivity index (χ4v) is 3.31. The summed E-state index contributed by atoms with van der Waals surface area (Å²) in [6.07, 6.45) is -3.99. The fraction of sp³-hybridized carbons (Fsp3) is 0.409. The molecule has 0 radical (unpaired) electrons. The van der Waals surface area contributed by atoms with Crippen LogP contribution in [0.3, 0.4) is 0 Å². The van der Waals surface area contributed by atoms with Gasteiger partial charge in [0.1, 0.15) is 18.3 Å². The average Bonchev–Trinajstić information content (AvgIpc) is 2.70. The number of hydrogen-bond donors (Lipinski definition) is 2. The Labute approximate surface area is 165 Å². The van der Waals surface area contributed by atoms with E-state index in [1.54, 1.807) is 6.92 Å². The maximum absolute atomic E-state index is 12.8. The minimum Gasteiger partial charge on any atom is -0.388 e. The number of aliphatic hydroxyl groups is 2. The van der Waals surface area contributed by atoms with Crippen LogP contribution >= 0.6 is 0 Å². The number of carbonyl (C=O) groups excluding carboxylic acids is 1. The van der Waals surface area contributed by atoms with Gasteiger partial charge in [-0.2, -0.15) is 0 Å². The van der Waals surface area contributed by atoms with Crippen molar-refractivity contribution in [2.75, 3.05) is 13.2 Å². The van der Waals surface area contributed by atoms with E-state index in [1.807, 2.05) is 65.6 Å². The largest absolute Gasteiger partial charge is 0.388 e. The summed E-state index contributed by atoms with van der Waals surface area (Å²) in [6.45, 7) is 2.90. The lowest BCUT2D eigenvalue weighted by Crippen LogP contribution is -2.53. The van der Waals surface area contributed by atoms with Crippen LogP contribution in [0.5, 0.6) is 0 Å². The van der Waals surface area contributed by atoms with Gasteiger partial charge in [-0.25, -0.2) is 0 Å². The second-order valence-corrected chi connectivity index (χ2v) is 7.10. The molecule has 0 spiro atoms. The van der Waals surface area contributed by atoms with Gasteiger partial charge < -0.3 is 19.7 Å². The topological polar surface area (TPSA) is 79.2 Å². The van der Waals surface area contributed by atoms with Crippen LogP contribution in [0.2, 0.25) is 0 Å². The first-order valence-electron chi connectivity index (χ1n) is 9.49. The lowest BCUT2D eigenvalue weighted by molar-refractivity contribution is -0.261. The van der Waals surface area contributed by atoms with Gasteiger partial charge in [-0.1, -0.05) is 60.7 Å². The van der Waals surface area contributed by atoms with Crippen molar-refractivity contribution in [1.29, 1.82) is 0 Å². The van der Waals surface area contributed by atoms with Gasteiger partial charge in [-0.05, 0) is 18.1 Å². The van der Waals surface area contributed by atoms with Gasteiger partial charge in [-0.3, -0.25) is 9.69 Å². The Hall–Kier alpha value is -2.09. The number of benzene rings is 2. The predicted octanol–water partition coefficient (Wildman–Crippen LogP) is 1.74. The van der Waals surface area contributed by atoms with E-state index >= 15 is 0 Å². The van der Waals surface area contributed by atoms with Crippen molar-refractivity contribution in [2.24, 2.45) is 0 Å². The number of nitrogens with zero attached hydrogens (tertiary/aromatic N) is 1. The van der Waals surface area contributed by atoms with Crippen molar-refractivity contribution in [3.05, 3.63) is 71.8 Å². The molecule has 1 aliphatic heterocycles. The van der Waals surface area contributed by atoms with E-state index in [4.69, 9.17) is 9.47 Å². The Bertz CT molecular complexity index is 698. The van der Waals surface area contributed by atoms with E-state index in [9.17, 15) is 15.0 Å². The lowest BCUT2D eigenvalue weighted by Gasteiger charge is -2.35. The first-order chi connectivity index (χ1) is 13.5. The molecular weight excluding hydrogens is 358 g/mol. The Balaban J connectivity index is 1.69. The second kappa shape index (κ2) is 9.91. The molecule has 1 fully saturated rings. The third-order valence-corrected chi connectivity index (χ3v) is 4.75. The van der Waals surface area contributed by atoms with E-state index < -0.39 is 24.6 Å². The number of Topliss-reactive ketones (excluding diaryl/α,β-unsaturated/α-hetero) is 1. The standard InChI is InChI=1S/C22H27NO5/c1-16-27-15-20(25)22(28-16)21(26)19(24)14-23(12-17-8-4-2-5-9-17)13-18-10-6-3-7-11-18/h2-11,16,20-22,25-26H,12-15H2,1H3. The molecule has 6 nitrogen and oxygen atoms in total. The van der Waals surface area contributed by atoms with Gasteiger partial charge in [0.05, 0.1) is 13.2 Å². The number of hydrogen-bond acceptors (Lipinski definition) is 6.